The molecule has 0 aromatic heterocycles. The van der Waals surface area contributed by atoms with Crippen molar-refractivity contribution in [1.29, 1.82) is 0 Å². The van der Waals surface area contributed by atoms with Gasteiger partial charge in [0.05, 0.1) is 6.61 Å². The van der Waals surface area contributed by atoms with Gasteiger partial charge in [0.25, 0.3) is 0 Å². The van der Waals surface area contributed by atoms with Gasteiger partial charge in [-0.05, 0) is 0 Å². The van der Waals surface area contributed by atoms with Gasteiger partial charge in [0.2, 0.25) is 11.2 Å². The lowest BCUT2D eigenvalue weighted by molar-refractivity contribution is 0.208. The van der Waals surface area contributed by atoms with Crippen LogP contribution >= 0.6 is 11.2 Å². The van der Waals surface area contributed by atoms with Crippen LogP contribution in [0.4, 0.5) is 0 Å². The van der Waals surface area contributed by atoms with Gasteiger partial charge in [0.15, 0.2) is 0 Å². The number of hydrogen-bond donors (Lipinski definition) is 4. The summed E-state index contributed by atoms with van der Waals surface area (Å²) in [5.74, 6) is 0. The average molecular weight is 143 g/mol. The minimum atomic E-state index is -3.77. The molecule has 0 radical (unpaired) electrons. The lowest BCUT2D eigenvalue weighted by Gasteiger charge is -2.16. The second kappa shape index (κ2) is 3.23. The molecule has 8 heavy (non-hydrogen) atoms. The molecule has 0 aliphatic rings. The molecular formula is C2H9NO4S. The highest BCUT2D eigenvalue weighted by molar-refractivity contribution is 8.15. The summed E-state index contributed by atoms with van der Waals surface area (Å²) in [4.78, 5) is 0. The van der Waals surface area contributed by atoms with E-state index in [0.29, 0.717) is 0 Å². The molecule has 0 bridgehead atoms. The van der Waals surface area contributed by atoms with Crippen molar-refractivity contribution in [1.82, 2.24) is 0 Å². The highest BCUT2D eigenvalue weighted by atomic mass is 32.3. The van der Waals surface area contributed by atoms with Gasteiger partial charge in [0, 0.05) is 6.54 Å². The predicted octanol–water partition coefficient (Wildman–Crippen LogP) is 0.100. The smallest absolute Gasteiger partial charge is 0.216 e. The van der Waals surface area contributed by atoms with E-state index in [1.807, 2.05) is 0 Å². The Hall–Kier alpha value is 0.150. The molecule has 0 atom stereocenters. The van der Waals surface area contributed by atoms with E-state index < -0.39 is 11.2 Å². The first-order chi connectivity index (χ1) is 3.56. The molecule has 0 amide bonds. The van der Waals surface area contributed by atoms with E-state index in [-0.39, 0.29) is 13.2 Å². The first-order valence-corrected chi connectivity index (χ1v) is 3.34. The largest absolute Gasteiger partial charge is 0.328 e. The fourth-order valence-electron chi connectivity index (χ4n) is 0.160. The van der Waals surface area contributed by atoms with Crippen LogP contribution in [0.15, 0.2) is 0 Å². The SMILES string of the molecule is NCCOS(O)(O)O. The summed E-state index contributed by atoms with van der Waals surface area (Å²) in [5, 5.41) is 0. The summed E-state index contributed by atoms with van der Waals surface area (Å²) < 4.78 is 28.2. The molecule has 0 unspecified atom stereocenters. The lowest BCUT2D eigenvalue weighted by Crippen LogP contribution is -2.10. The van der Waals surface area contributed by atoms with Gasteiger partial charge in [-0.25, -0.2) is 0 Å². The molecule has 0 aromatic carbocycles. The Kier molecular flexibility index (Phi) is 3.29. The Morgan fingerprint density at radius 3 is 2.00 bits per heavy atom. The Balaban J connectivity index is 3.11. The van der Waals surface area contributed by atoms with Crippen molar-refractivity contribution in [3.05, 3.63) is 0 Å². The van der Waals surface area contributed by atoms with Crippen LogP contribution in [0.2, 0.25) is 0 Å². The second-order valence-corrected chi connectivity index (χ2v) is 2.25. The maximum Gasteiger partial charge on any atom is 0.216 e. The van der Waals surface area contributed by atoms with E-state index in [1.165, 1.54) is 0 Å². The molecule has 0 rings (SSSR count). The molecule has 0 aliphatic carbocycles. The van der Waals surface area contributed by atoms with Crippen LogP contribution in [0, 0.1) is 0 Å². The maximum absolute atomic E-state index is 8.07. The fourth-order valence-corrected chi connectivity index (χ4v) is 0.480. The van der Waals surface area contributed by atoms with E-state index in [4.69, 9.17) is 19.4 Å². The van der Waals surface area contributed by atoms with Gasteiger partial charge in [0.1, 0.15) is 0 Å². The van der Waals surface area contributed by atoms with E-state index in [1.54, 1.807) is 0 Å². The van der Waals surface area contributed by atoms with Crippen LogP contribution in [0.3, 0.4) is 0 Å². The minimum Gasteiger partial charge on any atom is -0.328 e. The summed E-state index contributed by atoms with van der Waals surface area (Å²) >= 11 is -3.77. The van der Waals surface area contributed by atoms with Gasteiger partial charge < -0.3 is 5.73 Å². The monoisotopic (exact) mass is 143 g/mol. The third-order valence-corrected chi connectivity index (χ3v) is 0.842. The van der Waals surface area contributed by atoms with Gasteiger partial charge in [-0.1, -0.05) is 0 Å². The van der Waals surface area contributed by atoms with Crippen molar-refractivity contribution in [3.8, 4) is 0 Å². The quantitative estimate of drug-likeness (QED) is 0.449. The molecule has 0 spiro atoms. The van der Waals surface area contributed by atoms with Crippen LogP contribution in [0.25, 0.3) is 0 Å². The standard InChI is InChI=1S/C2H9NO4S/c3-1-2-7-8(4,5)6/h4-6H,1-3H2. The maximum atomic E-state index is 8.07. The summed E-state index contributed by atoms with van der Waals surface area (Å²) in [6, 6.07) is 0. The zero-order valence-corrected chi connectivity index (χ0v) is 4.97. The van der Waals surface area contributed by atoms with Crippen molar-refractivity contribution in [2.45, 2.75) is 0 Å². The van der Waals surface area contributed by atoms with Crippen LogP contribution in [-0.4, -0.2) is 26.8 Å². The number of hydrogen-bond acceptors (Lipinski definition) is 5. The molecule has 0 fully saturated rings. The molecule has 6 heteroatoms. The summed E-state index contributed by atoms with van der Waals surface area (Å²) in [6.45, 7) is 0.0925. The van der Waals surface area contributed by atoms with Crippen molar-refractivity contribution >= 4 is 11.2 Å². The number of rotatable bonds is 3. The molecule has 0 heterocycles. The zero-order valence-electron chi connectivity index (χ0n) is 4.15. The van der Waals surface area contributed by atoms with Crippen LogP contribution in [0.5, 0.6) is 0 Å². The van der Waals surface area contributed by atoms with Crippen molar-refractivity contribution in [3.63, 3.8) is 0 Å². The van der Waals surface area contributed by atoms with Gasteiger partial charge >= 0.3 is 0 Å². The molecule has 0 saturated heterocycles. The van der Waals surface area contributed by atoms with Crippen LogP contribution in [0.1, 0.15) is 0 Å². The molecule has 0 saturated carbocycles. The van der Waals surface area contributed by atoms with E-state index in [0.717, 1.165) is 0 Å². The van der Waals surface area contributed by atoms with Crippen molar-refractivity contribution in [2.75, 3.05) is 13.2 Å². The zero-order chi connectivity index (χ0) is 6.62. The summed E-state index contributed by atoms with van der Waals surface area (Å²) in [6.07, 6.45) is 0. The fraction of sp³-hybridized carbons (Fsp3) is 1.00. The van der Waals surface area contributed by atoms with E-state index >= 15 is 0 Å². The third kappa shape index (κ3) is 6.15. The predicted molar refractivity (Wildman–Crippen MR) is 30.5 cm³/mol. The normalized spacial score (nSPS) is 14.0. The third-order valence-electron chi connectivity index (χ3n) is 0.359. The second-order valence-electron chi connectivity index (χ2n) is 1.08. The molecule has 5 N–H and O–H groups in total. The average Bonchev–Trinajstić information content (AvgIpc) is 1.59. The first kappa shape index (κ1) is 8.15. The molecule has 0 aromatic rings. The molecular weight excluding hydrogens is 134 g/mol. The van der Waals surface area contributed by atoms with Crippen molar-refractivity contribution in [2.24, 2.45) is 5.73 Å². The Morgan fingerprint density at radius 1 is 1.38 bits per heavy atom. The van der Waals surface area contributed by atoms with Crippen LogP contribution in [-0.2, 0) is 4.18 Å². The highest BCUT2D eigenvalue weighted by Gasteiger charge is 2.09. The molecule has 52 valence electrons. The van der Waals surface area contributed by atoms with Crippen molar-refractivity contribution < 1.29 is 17.8 Å². The molecule has 5 nitrogen and oxygen atoms in total. The lowest BCUT2D eigenvalue weighted by atomic mass is 10.8. The Morgan fingerprint density at radius 2 is 1.88 bits per heavy atom. The molecule has 0 aliphatic heterocycles. The first-order valence-electron chi connectivity index (χ1n) is 1.91. The Bertz CT molecular complexity index is 61.5. The van der Waals surface area contributed by atoms with Crippen LogP contribution < -0.4 is 5.73 Å². The van der Waals surface area contributed by atoms with Gasteiger partial charge in [-0.2, -0.15) is 0 Å². The summed E-state index contributed by atoms with van der Waals surface area (Å²) in [5.41, 5.74) is 4.89. The van der Waals surface area contributed by atoms with E-state index in [2.05, 4.69) is 4.18 Å². The minimum absolute atomic E-state index is 0.0567. The Labute approximate surface area is 48.8 Å². The topological polar surface area (TPSA) is 95.9 Å². The van der Waals surface area contributed by atoms with Gasteiger partial charge in [-0.3, -0.25) is 17.8 Å². The summed E-state index contributed by atoms with van der Waals surface area (Å²) in [7, 11) is 0. The highest BCUT2D eigenvalue weighted by Crippen LogP contribution is 2.32. The van der Waals surface area contributed by atoms with E-state index in [9.17, 15) is 0 Å². The number of nitrogens with two attached hydrogens (primary N) is 1. The van der Waals surface area contributed by atoms with Gasteiger partial charge in [-0.15, -0.1) is 0 Å².